The van der Waals surface area contributed by atoms with Crippen LogP contribution in [0.25, 0.3) is 0 Å². The van der Waals surface area contributed by atoms with E-state index in [0.717, 1.165) is 10.5 Å². The van der Waals surface area contributed by atoms with Crippen LogP contribution in [0.2, 0.25) is 5.02 Å². The van der Waals surface area contributed by atoms with Gasteiger partial charge in [-0.05, 0) is 47.0 Å². The summed E-state index contributed by atoms with van der Waals surface area (Å²) in [6, 6.07) is 5.10. The van der Waals surface area contributed by atoms with Gasteiger partial charge in [-0.1, -0.05) is 11.6 Å². The van der Waals surface area contributed by atoms with Crippen LogP contribution >= 0.6 is 35.6 Å². The van der Waals surface area contributed by atoms with Gasteiger partial charge in [0.25, 0.3) is 5.91 Å². The number of halogens is 1. The zero-order valence-corrected chi connectivity index (χ0v) is 12.2. The molecule has 5 heteroatoms. The number of rotatable bonds is 3. The van der Waals surface area contributed by atoms with Crippen molar-refractivity contribution in [2.75, 3.05) is 0 Å². The zero-order chi connectivity index (χ0) is 13.1. The average Bonchev–Trinajstić information content (AvgIpc) is 2.75. The van der Waals surface area contributed by atoms with Crippen LogP contribution in [-0.4, -0.2) is 5.91 Å². The first-order chi connectivity index (χ1) is 8.58. The molecule has 0 aliphatic heterocycles. The van der Waals surface area contributed by atoms with E-state index in [2.05, 4.69) is 23.3 Å². The first-order valence-electron chi connectivity index (χ1n) is 5.36. The van der Waals surface area contributed by atoms with Crippen molar-refractivity contribution in [1.29, 1.82) is 0 Å². The Kier molecular flexibility index (Phi) is 4.32. The lowest BCUT2D eigenvalue weighted by Crippen LogP contribution is -2.23. The van der Waals surface area contributed by atoms with Crippen molar-refractivity contribution in [3.05, 3.63) is 50.7 Å². The molecule has 0 saturated carbocycles. The molecule has 2 nitrogen and oxygen atoms in total. The summed E-state index contributed by atoms with van der Waals surface area (Å²) >= 11 is 11.8. The zero-order valence-electron chi connectivity index (χ0n) is 9.74. The van der Waals surface area contributed by atoms with E-state index >= 15 is 0 Å². The summed E-state index contributed by atoms with van der Waals surface area (Å²) < 4.78 is 0. The van der Waals surface area contributed by atoms with E-state index < -0.39 is 0 Å². The number of thiol groups is 1. The first kappa shape index (κ1) is 13.5. The minimum atomic E-state index is -0.179. The highest BCUT2D eigenvalue weighted by molar-refractivity contribution is 7.80. The molecule has 0 spiro atoms. The molecule has 94 valence electrons. The highest BCUT2D eigenvalue weighted by Crippen LogP contribution is 2.20. The molecule has 1 aromatic heterocycles. The summed E-state index contributed by atoms with van der Waals surface area (Å²) in [4.78, 5) is 12.7. The van der Waals surface area contributed by atoms with Gasteiger partial charge in [-0.15, -0.1) is 12.6 Å². The van der Waals surface area contributed by atoms with E-state index in [9.17, 15) is 4.79 Å². The summed E-state index contributed by atoms with van der Waals surface area (Å²) in [5.41, 5.74) is 2.78. The molecular formula is C13H12ClNOS2. The summed E-state index contributed by atoms with van der Waals surface area (Å²) in [6.45, 7) is 2.54. The number of amides is 1. The van der Waals surface area contributed by atoms with E-state index in [1.54, 1.807) is 29.5 Å². The van der Waals surface area contributed by atoms with Crippen molar-refractivity contribution in [2.45, 2.75) is 18.4 Å². The molecule has 18 heavy (non-hydrogen) atoms. The number of benzene rings is 1. The lowest BCUT2D eigenvalue weighted by molar-refractivity contribution is 0.0951. The Hall–Kier alpha value is -0.970. The van der Waals surface area contributed by atoms with Gasteiger partial charge in [-0.2, -0.15) is 11.3 Å². The quantitative estimate of drug-likeness (QED) is 0.826. The van der Waals surface area contributed by atoms with E-state index in [1.807, 2.05) is 12.3 Å². The molecule has 0 radical (unpaired) electrons. The molecule has 1 aromatic carbocycles. The average molecular weight is 298 g/mol. The molecule has 0 atom stereocenters. The molecule has 1 heterocycles. The van der Waals surface area contributed by atoms with Gasteiger partial charge in [0.2, 0.25) is 0 Å². The van der Waals surface area contributed by atoms with E-state index in [0.29, 0.717) is 17.1 Å². The van der Waals surface area contributed by atoms with Crippen molar-refractivity contribution in [3.8, 4) is 0 Å². The van der Waals surface area contributed by atoms with Gasteiger partial charge >= 0.3 is 0 Å². The number of thiophene rings is 1. The summed E-state index contributed by atoms with van der Waals surface area (Å²) in [5.74, 6) is -0.179. The van der Waals surface area contributed by atoms with Gasteiger partial charge in [0.1, 0.15) is 0 Å². The third-order valence-electron chi connectivity index (χ3n) is 2.60. The Bertz CT molecular complexity index is 580. The third kappa shape index (κ3) is 3.07. The second kappa shape index (κ2) is 5.78. The van der Waals surface area contributed by atoms with Crippen LogP contribution in [0.3, 0.4) is 0 Å². The Morgan fingerprint density at radius 1 is 1.44 bits per heavy atom. The molecule has 0 fully saturated rings. The second-order valence-electron chi connectivity index (χ2n) is 3.93. The van der Waals surface area contributed by atoms with Crippen LogP contribution in [0.5, 0.6) is 0 Å². The summed E-state index contributed by atoms with van der Waals surface area (Å²) in [6.07, 6.45) is 0. The van der Waals surface area contributed by atoms with Gasteiger partial charge in [0, 0.05) is 11.4 Å². The smallest absolute Gasteiger partial charge is 0.253 e. The van der Waals surface area contributed by atoms with Gasteiger partial charge in [0.15, 0.2) is 0 Å². The first-order valence-corrected chi connectivity index (χ1v) is 7.13. The monoisotopic (exact) mass is 297 g/mol. The van der Waals surface area contributed by atoms with Gasteiger partial charge in [-0.3, -0.25) is 4.79 Å². The van der Waals surface area contributed by atoms with Crippen molar-refractivity contribution in [1.82, 2.24) is 5.32 Å². The minimum absolute atomic E-state index is 0.179. The van der Waals surface area contributed by atoms with Crippen molar-refractivity contribution in [2.24, 2.45) is 0 Å². The largest absolute Gasteiger partial charge is 0.348 e. The van der Waals surface area contributed by atoms with E-state index in [-0.39, 0.29) is 5.91 Å². The van der Waals surface area contributed by atoms with Crippen molar-refractivity contribution < 1.29 is 4.79 Å². The number of hydrogen-bond acceptors (Lipinski definition) is 3. The number of hydrogen-bond donors (Lipinski definition) is 2. The maximum atomic E-state index is 12.0. The van der Waals surface area contributed by atoms with Crippen LogP contribution in [0.4, 0.5) is 0 Å². The van der Waals surface area contributed by atoms with Crippen LogP contribution in [0, 0.1) is 6.92 Å². The normalized spacial score (nSPS) is 10.4. The van der Waals surface area contributed by atoms with E-state index in [1.165, 1.54) is 5.56 Å². The lowest BCUT2D eigenvalue weighted by Gasteiger charge is -2.07. The van der Waals surface area contributed by atoms with Crippen LogP contribution in [-0.2, 0) is 6.54 Å². The van der Waals surface area contributed by atoms with Gasteiger partial charge in [0.05, 0.1) is 10.6 Å². The molecule has 2 rings (SSSR count). The minimum Gasteiger partial charge on any atom is -0.348 e. The molecule has 0 saturated heterocycles. The summed E-state index contributed by atoms with van der Waals surface area (Å²) in [7, 11) is 0. The number of carbonyl (C=O) groups is 1. The van der Waals surface area contributed by atoms with Crippen LogP contribution < -0.4 is 5.32 Å². The fourth-order valence-corrected chi connectivity index (χ4v) is 2.79. The number of carbonyl (C=O) groups excluding carboxylic acids is 1. The van der Waals surface area contributed by atoms with Crippen LogP contribution in [0.1, 0.15) is 21.5 Å². The number of nitrogens with one attached hydrogen (secondary N) is 1. The third-order valence-corrected chi connectivity index (χ3v) is 4.11. The molecule has 0 bridgehead atoms. The van der Waals surface area contributed by atoms with Gasteiger partial charge in [-0.25, -0.2) is 0 Å². The Morgan fingerprint density at radius 3 is 2.89 bits per heavy atom. The fourth-order valence-electron chi connectivity index (χ4n) is 1.53. The topological polar surface area (TPSA) is 29.1 Å². The van der Waals surface area contributed by atoms with E-state index in [4.69, 9.17) is 11.6 Å². The predicted molar refractivity (Wildman–Crippen MR) is 78.9 cm³/mol. The second-order valence-corrected chi connectivity index (χ2v) is 5.59. The SMILES string of the molecule is Cc1cscc1CNC(=O)c1cc(S)ccc1Cl. The molecular weight excluding hydrogens is 286 g/mol. The number of aryl methyl sites for hydroxylation is 1. The predicted octanol–water partition coefficient (Wildman–Crippen LogP) is 3.93. The molecule has 2 aromatic rings. The molecule has 1 amide bonds. The van der Waals surface area contributed by atoms with Crippen molar-refractivity contribution >= 4 is 41.5 Å². The standard InChI is InChI=1S/C13H12ClNOS2/c1-8-6-18-7-9(8)5-15-13(16)11-4-10(17)2-3-12(11)14/h2-4,6-7,17H,5H2,1H3,(H,15,16). The summed E-state index contributed by atoms with van der Waals surface area (Å²) in [5, 5.41) is 7.39. The highest BCUT2D eigenvalue weighted by Gasteiger charge is 2.11. The maximum Gasteiger partial charge on any atom is 0.253 e. The fraction of sp³-hybridized carbons (Fsp3) is 0.154. The molecule has 0 unspecified atom stereocenters. The molecule has 1 N–H and O–H groups in total. The lowest BCUT2D eigenvalue weighted by atomic mass is 10.2. The Labute approximate surface area is 120 Å². The molecule has 0 aliphatic rings. The van der Waals surface area contributed by atoms with Crippen LogP contribution in [0.15, 0.2) is 33.9 Å². The van der Waals surface area contributed by atoms with Crippen molar-refractivity contribution in [3.63, 3.8) is 0 Å². The Balaban J connectivity index is 2.08. The highest BCUT2D eigenvalue weighted by atomic mass is 35.5. The molecule has 0 aliphatic carbocycles. The maximum absolute atomic E-state index is 12.0. The Morgan fingerprint density at radius 2 is 2.22 bits per heavy atom. The van der Waals surface area contributed by atoms with Gasteiger partial charge < -0.3 is 5.32 Å².